The number of fused-ring (bicyclic) bond motifs is 2. The summed E-state index contributed by atoms with van der Waals surface area (Å²) >= 11 is 0. The van der Waals surface area contributed by atoms with Crippen LogP contribution < -0.4 is 19.9 Å². The van der Waals surface area contributed by atoms with E-state index in [2.05, 4.69) is 31.4 Å². The predicted octanol–water partition coefficient (Wildman–Crippen LogP) is 5.31. The molecule has 0 spiro atoms. The molecule has 1 atom stereocenters. The molecule has 1 aliphatic carbocycles. The number of rotatable bonds is 6. The van der Waals surface area contributed by atoms with Gasteiger partial charge in [0.2, 0.25) is 17.7 Å². The molecule has 1 saturated carbocycles. The van der Waals surface area contributed by atoms with Gasteiger partial charge in [-0.15, -0.1) is 10.2 Å². The van der Waals surface area contributed by atoms with Crippen LogP contribution in [0, 0.1) is 5.82 Å². The number of imide groups is 1. The molecule has 3 fully saturated rings. The fourth-order valence-corrected chi connectivity index (χ4v) is 8.74. The molecule has 54 heavy (non-hydrogen) atoms. The fraction of sp³-hybridized carbons (Fsp3) is 0.341. The first-order valence-corrected chi connectivity index (χ1v) is 18.7. The Labute approximate surface area is 311 Å². The Balaban J connectivity index is 0.837. The van der Waals surface area contributed by atoms with Gasteiger partial charge in [0, 0.05) is 48.7 Å². The molecule has 2 N–H and O–H groups in total. The minimum atomic E-state index is -0.474. The van der Waals surface area contributed by atoms with Crippen molar-refractivity contribution in [2.75, 3.05) is 42.6 Å². The molecule has 276 valence electrons. The molecule has 1 unspecified atom stereocenters. The number of nitrogens with one attached hydrogen (secondary N) is 1. The molecule has 2 saturated heterocycles. The summed E-state index contributed by atoms with van der Waals surface area (Å²) in [5.74, 6) is 0.271. The van der Waals surface area contributed by atoms with Crippen LogP contribution in [0.5, 0.6) is 11.5 Å². The summed E-state index contributed by atoms with van der Waals surface area (Å²) in [5, 5.41) is 21.3. The molecule has 5 aromatic rings. The van der Waals surface area contributed by atoms with E-state index in [9.17, 15) is 23.9 Å². The molecule has 0 bridgehead atoms. The minimum absolute atomic E-state index is 0.0768. The van der Waals surface area contributed by atoms with Gasteiger partial charge in [0.1, 0.15) is 35.5 Å². The van der Waals surface area contributed by atoms with Crippen molar-refractivity contribution < 1.29 is 28.6 Å². The topological polar surface area (TPSA) is 133 Å². The number of piperidine rings is 1. The Morgan fingerprint density at radius 1 is 0.852 bits per heavy atom. The molecule has 12 nitrogen and oxygen atoms in total. The number of amides is 3. The van der Waals surface area contributed by atoms with Crippen LogP contribution >= 0.6 is 0 Å². The van der Waals surface area contributed by atoms with Crippen molar-refractivity contribution >= 4 is 40.1 Å². The first kappa shape index (κ1) is 34.0. The van der Waals surface area contributed by atoms with Gasteiger partial charge in [0.25, 0.3) is 0 Å². The van der Waals surface area contributed by atoms with Gasteiger partial charge < -0.3 is 24.2 Å². The summed E-state index contributed by atoms with van der Waals surface area (Å²) < 4.78 is 22.1. The number of para-hydroxylation sites is 1. The lowest BCUT2D eigenvalue weighted by atomic mass is 9.80. The average molecular weight is 730 g/mol. The number of piperazine rings is 1. The third-order valence-corrected chi connectivity index (χ3v) is 11.5. The number of nitrogens with zero attached hydrogens (tertiary/aromatic N) is 6. The molecular weight excluding hydrogens is 689 g/mol. The third-order valence-electron chi connectivity index (χ3n) is 11.5. The van der Waals surface area contributed by atoms with E-state index in [0.29, 0.717) is 62.3 Å². The van der Waals surface area contributed by atoms with Crippen molar-refractivity contribution in [1.82, 2.24) is 25.0 Å². The summed E-state index contributed by atoms with van der Waals surface area (Å²) in [6.45, 7) is 2.88. The molecule has 3 aromatic carbocycles. The van der Waals surface area contributed by atoms with Crippen molar-refractivity contribution in [3.05, 3.63) is 90.4 Å². The maximum atomic E-state index is 13.9. The monoisotopic (exact) mass is 729 g/mol. The number of carbonyl (C=O) groups excluding carboxylic acids is 3. The van der Waals surface area contributed by atoms with Crippen LogP contribution in [0.2, 0.25) is 0 Å². The molecular formula is C41H40FN7O5. The number of ether oxygens (including phenoxy) is 1. The van der Waals surface area contributed by atoms with Crippen LogP contribution in [0.1, 0.15) is 50.0 Å². The van der Waals surface area contributed by atoms with Gasteiger partial charge in [0.15, 0.2) is 0 Å². The average Bonchev–Trinajstić information content (AvgIpc) is 3.62. The van der Waals surface area contributed by atoms with Gasteiger partial charge in [-0.2, -0.15) is 0 Å². The molecule has 5 heterocycles. The Kier molecular flexibility index (Phi) is 8.73. The minimum Gasteiger partial charge on any atom is -0.507 e. The van der Waals surface area contributed by atoms with Crippen molar-refractivity contribution in [3.8, 4) is 28.4 Å². The highest BCUT2D eigenvalue weighted by Gasteiger charge is 2.37. The molecule has 0 radical (unpaired) electrons. The quantitative estimate of drug-likeness (QED) is 0.223. The second kappa shape index (κ2) is 13.9. The van der Waals surface area contributed by atoms with E-state index >= 15 is 0 Å². The van der Waals surface area contributed by atoms with Crippen molar-refractivity contribution in [1.29, 1.82) is 0 Å². The van der Waals surface area contributed by atoms with Crippen molar-refractivity contribution in [3.63, 3.8) is 0 Å². The highest BCUT2D eigenvalue weighted by molar-refractivity contribution is 6.02. The summed E-state index contributed by atoms with van der Waals surface area (Å²) in [5.41, 5.74) is 5.86. The third kappa shape index (κ3) is 6.21. The maximum absolute atomic E-state index is 13.9. The lowest BCUT2D eigenvalue weighted by Gasteiger charge is -2.42. The molecule has 4 aliphatic rings. The lowest BCUT2D eigenvalue weighted by molar-refractivity contribution is -0.134. The standard InChI is InChI=1S/C41H40FN7O5/c42-26-6-14-37(50)31(22-26)33-23-36-32(44-45-33)16-17-47(36)28-9-11-29(12-10-28)48-19-18-46(24-39(48)52)27-7-4-25(5-8-27)30-2-1-3-34-40(30)54-21-20-49(34)35-13-15-38(51)43-41(35)53/h1-3,6,9-12,14,16-17,22-23,25,27,35,50H,4-5,7-8,13,15,18-21,24H2,(H,43,51,53). The van der Waals surface area contributed by atoms with E-state index in [1.165, 1.54) is 23.8 Å². The smallest absolute Gasteiger partial charge is 0.249 e. The lowest BCUT2D eigenvalue weighted by Crippen LogP contribution is -2.54. The Hall–Kier alpha value is -5.82. The van der Waals surface area contributed by atoms with Crippen molar-refractivity contribution in [2.45, 2.75) is 56.5 Å². The molecule has 9 rings (SSSR count). The summed E-state index contributed by atoms with van der Waals surface area (Å²) in [7, 11) is 0. The number of hydrogen-bond donors (Lipinski definition) is 2. The number of phenols is 1. The number of aromatic hydroxyl groups is 1. The van der Waals surface area contributed by atoms with Gasteiger partial charge >= 0.3 is 0 Å². The van der Waals surface area contributed by atoms with Crippen LogP contribution in [0.15, 0.2) is 79.0 Å². The molecule has 13 heteroatoms. The number of benzene rings is 3. The zero-order valence-electron chi connectivity index (χ0n) is 29.7. The van der Waals surface area contributed by atoms with E-state index in [-0.39, 0.29) is 35.1 Å². The first-order valence-electron chi connectivity index (χ1n) is 18.7. The van der Waals surface area contributed by atoms with Crippen LogP contribution in [0.25, 0.3) is 28.0 Å². The van der Waals surface area contributed by atoms with Gasteiger partial charge in [-0.3, -0.25) is 24.6 Å². The second-order valence-corrected chi connectivity index (χ2v) is 14.6. The second-order valence-electron chi connectivity index (χ2n) is 14.6. The van der Waals surface area contributed by atoms with Crippen LogP contribution in [0.3, 0.4) is 0 Å². The van der Waals surface area contributed by atoms with Crippen LogP contribution in [-0.4, -0.2) is 87.4 Å². The largest absolute Gasteiger partial charge is 0.507 e. The number of hydrogen-bond acceptors (Lipinski definition) is 9. The SMILES string of the molecule is O=C1CCC(N2CCOc3c(C4CCC(N5CCN(c6ccc(-n7ccc8nnc(-c9cc(F)ccc9O)cc87)cc6)C(=O)C5)CC4)cccc32)C(=O)N1. The van der Waals surface area contributed by atoms with Crippen LogP contribution in [0.4, 0.5) is 15.8 Å². The zero-order chi connectivity index (χ0) is 36.9. The molecule has 3 aliphatic heterocycles. The van der Waals surface area contributed by atoms with E-state index in [1.807, 2.05) is 58.1 Å². The summed E-state index contributed by atoms with van der Waals surface area (Å²) in [4.78, 5) is 44.3. The number of halogens is 1. The first-order chi connectivity index (χ1) is 26.3. The Bertz CT molecular complexity index is 2270. The number of anilines is 2. The number of carbonyl (C=O) groups is 3. The summed E-state index contributed by atoms with van der Waals surface area (Å²) in [6, 6.07) is 21.4. The zero-order valence-corrected chi connectivity index (χ0v) is 29.7. The van der Waals surface area contributed by atoms with E-state index in [4.69, 9.17) is 4.74 Å². The maximum Gasteiger partial charge on any atom is 0.249 e. The number of aromatic nitrogens is 3. The normalized spacial score (nSPS) is 22.2. The van der Waals surface area contributed by atoms with Crippen molar-refractivity contribution in [2.24, 2.45) is 0 Å². The van der Waals surface area contributed by atoms with E-state index in [1.54, 1.807) is 6.07 Å². The predicted molar refractivity (Wildman–Crippen MR) is 200 cm³/mol. The Morgan fingerprint density at radius 2 is 1.67 bits per heavy atom. The number of phenolic OH excluding ortho intramolecular Hbond substituents is 1. The Morgan fingerprint density at radius 3 is 2.46 bits per heavy atom. The molecule has 2 aromatic heterocycles. The summed E-state index contributed by atoms with van der Waals surface area (Å²) in [6.07, 6.45) is 6.69. The highest BCUT2D eigenvalue weighted by atomic mass is 19.1. The van der Waals surface area contributed by atoms with Gasteiger partial charge in [0.05, 0.1) is 30.0 Å². The van der Waals surface area contributed by atoms with Gasteiger partial charge in [-0.05, 0) is 104 Å². The van der Waals surface area contributed by atoms with Crippen LogP contribution in [-0.2, 0) is 14.4 Å². The van der Waals surface area contributed by atoms with Gasteiger partial charge in [-0.25, -0.2) is 4.39 Å². The highest BCUT2D eigenvalue weighted by Crippen LogP contribution is 2.45. The fourth-order valence-electron chi connectivity index (χ4n) is 8.74. The van der Waals surface area contributed by atoms with Gasteiger partial charge in [-0.1, -0.05) is 12.1 Å². The molecule has 3 amide bonds. The van der Waals surface area contributed by atoms with E-state index < -0.39 is 5.82 Å². The van der Waals surface area contributed by atoms with E-state index in [0.717, 1.165) is 60.6 Å².